The molecule has 5 nitrogen and oxygen atoms in total. The third-order valence-corrected chi connectivity index (χ3v) is 4.95. The summed E-state index contributed by atoms with van der Waals surface area (Å²) in [5, 5.41) is 3.14. The average molecular weight is 323 g/mol. The monoisotopic (exact) mass is 323 g/mol. The first-order chi connectivity index (χ1) is 11.7. The molecule has 1 fully saturated rings. The van der Waals surface area contributed by atoms with Crippen molar-refractivity contribution in [1.29, 1.82) is 0 Å². The molecule has 4 rings (SSSR count). The zero-order valence-corrected chi connectivity index (χ0v) is 13.8. The second-order valence-corrected chi connectivity index (χ2v) is 6.29. The van der Waals surface area contributed by atoms with Crippen LogP contribution in [0.1, 0.15) is 17.0 Å². The van der Waals surface area contributed by atoms with Crippen molar-refractivity contribution < 1.29 is 9.47 Å². The van der Waals surface area contributed by atoms with Crippen LogP contribution in [0.4, 0.5) is 5.69 Å². The molecule has 5 heteroatoms. The molecule has 0 radical (unpaired) electrons. The van der Waals surface area contributed by atoms with E-state index in [-0.39, 0.29) is 6.04 Å². The topological polar surface area (TPSA) is 68.9 Å². The van der Waals surface area contributed by atoms with E-state index in [1.165, 1.54) is 11.1 Å². The predicted octanol–water partition coefficient (Wildman–Crippen LogP) is 2.77. The first kappa shape index (κ1) is 14.9. The third kappa shape index (κ3) is 2.46. The van der Waals surface area contributed by atoms with Gasteiger partial charge in [0.1, 0.15) is 11.5 Å². The van der Waals surface area contributed by atoms with Crippen LogP contribution in [-0.4, -0.2) is 26.2 Å². The second-order valence-electron chi connectivity index (χ2n) is 6.29. The van der Waals surface area contributed by atoms with Crippen LogP contribution in [0.25, 0.3) is 0 Å². The van der Waals surface area contributed by atoms with Crippen LogP contribution in [-0.2, 0) is 6.42 Å². The number of hydrogen-bond acceptors (Lipinski definition) is 3. The van der Waals surface area contributed by atoms with Gasteiger partial charge in [-0.05, 0) is 35.6 Å². The molecule has 3 atom stereocenters. The molecule has 3 N–H and O–H groups in total. The van der Waals surface area contributed by atoms with E-state index >= 15 is 0 Å². The van der Waals surface area contributed by atoms with Crippen LogP contribution >= 0.6 is 0 Å². The zero-order chi connectivity index (χ0) is 16.7. The molecule has 0 bridgehead atoms. The van der Waals surface area contributed by atoms with Gasteiger partial charge >= 0.3 is 0 Å². The van der Waals surface area contributed by atoms with Crippen LogP contribution in [0.5, 0.6) is 11.5 Å². The molecular formula is C19H21N3O2. The fourth-order valence-corrected chi connectivity index (χ4v) is 3.74. The van der Waals surface area contributed by atoms with Gasteiger partial charge in [0.05, 0.1) is 25.9 Å². The molecule has 0 heterocycles. The number of guanidine groups is 1. The molecule has 0 spiro atoms. The summed E-state index contributed by atoms with van der Waals surface area (Å²) >= 11 is 0. The maximum atomic E-state index is 6.13. The van der Waals surface area contributed by atoms with E-state index in [0.29, 0.717) is 23.5 Å². The maximum Gasteiger partial charge on any atom is 0.193 e. The van der Waals surface area contributed by atoms with Crippen molar-refractivity contribution in [3.8, 4) is 11.5 Å². The SMILES string of the molecule is COc1ccc(OC)c(NC(N)=NC2C3Cc4ccccc4C32)c1. The molecule has 0 aliphatic heterocycles. The van der Waals surface area contributed by atoms with Crippen molar-refractivity contribution in [1.82, 2.24) is 0 Å². The number of nitrogens with two attached hydrogens (primary N) is 1. The summed E-state index contributed by atoms with van der Waals surface area (Å²) in [4.78, 5) is 4.69. The van der Waals surface area contributed by atoms with E-state index in [1.54, 1.807) is 14.2 Å². The molecule has 2 aliphatic rings. The number of fused-ring (bicyclic) bond motifs is 3. The van der Waals surface area contributed by atoms with Crippen LogP contribution in [0, 0.1) is 5.92 Å². The van der Waals surface area contributed by atoms with Gasteiger partial charge < -0.3 is 20.5 Å². The lowest BCUT2D eigenvalue weighted by molar-refractivity contribution is 0.405. The Labute approximate surface area is 141 Å². The minimum atomic E-state index is 0.281. The molecule has 124 valence electrons. The standard InChI is InChI=1S/C19H21N3O2/c1-23-12-7-8-16(24-2)15(10-12)21-19(20)22-18-14-9-11-5-3-4-6-13(11)17(14)18/h3-8,10,14,17-18H,9H2,1-2H3,(H3,20,21,22). The minimum Gasteiger partial charge on any atom is -0.497 e. The number of rotatable bonds is 4. The van der Waals surface area contributed by atoms with Gasteiger partial charge in [-0.25, -0.2) is 4.99 Å². The highest BCUT2D eigenvalue weighted by Crippen LogP contribution is 2.58. The summed E-state index contributed by atoms with van der Waals surface area (Å²) in [7, 11) is 3.26. The summed E-state index contributed by atoms with van der Waals surface area (Å²) in [6.07, 6.45) is 1.10. The Morgan fingerprint density at radius 1 is 1.17 bits per heavy atom. The highest BCUT2D eigenvalue weighted by atomic mass is 16.5. The van der Waals surface area contributed by atoms with Crippen LogP contribution < -0.4 is 20.5 Å². The Balaban J connectivity index is 1.50. The molecule has 24 heavy (non-hydrogen) atoms. The minimum absolute atomic E-state index is 0.281. The summed E-state index contributed by atoms with van der Waals surface area (Å²) < 4.78 is 10.6. The van der Waals surface area contributed by atoms with Gasteiger partial charge in [0, 0.05) is 12.0 Å². The van der Waals surface area contributed by atoms with Gasteiger partial charge in [-0.3, -0.25) is 0 Å². The molecule has 0 amide bonds. The number of benzene rings is 2. The van der Waals surface area contributed by atoms with Crippen molar-refractivity contribution in [3.05, 3.63) is 53.6 Å². The molecule has 2 aliphatic carbocycles. The van der Waals surface area contributed by atoms with E-state index in [0.717, 1.165) is 17.9 Å². The van der Waals surface area contributed by atoms with E-state index in [4.69, 9.17) is 15.2 Å². The molecule has 2 aromatic rings. The first-order valence-electron chi connectivity index (χ1n) is 8.11. The van der Waals surface area contributed by atoms with E-state index in [1.807, 2.05) is 18.2 Å². The Kier molecular flexibility index (Phi) is 3.56. The maximum absolute atomic E-state index is 6.13. The van der Waals surface area contributed by atoms with Crippen molar-refractivity contribution in [2.45, 2.75) is 18.4 Å². The number of nitrogens with one attached hydrogen (secondary N) is 1. The highest BCUT2D eigenvalue weighted by molar-refractivity contribution is 5.94. The predicted molar refractivity (Wildman–Crippen MR) is 95.0 cm³/mol. The Hall–Kier alpha value is -2.69. The lowest BCUT2D eigenvalue weighted by Gasteiger charge is -2.12. The van der Waals surface area contributed by atoms with Gasteiger partial charge in [-0.1, -0.05) is 24.3 Å². The van der Waals surface area contributed by atoms with Crippen LogP contribution in [0.3, 0.4) is 0 Å². The van der Waals surface area contributed by atoms with Crippen LogP contribution in [0.2, 0.25) is 0 Å². The number of ether oxygens (including phenoxy) is 2. The smallest absolute Gasteiger partial charge is 0.193 e. The van der Waals surface area contributed by atoms with Gasteiger partial charge in [0.15, 0.2) is 5.96 Å². The quantitative estimate of drug-likeness (QED) is 0.670. The zero-order valence-electron chi connectivity index (χ0n) is 13.8. The number of nitrogens with zero attached hydrogens (tertiary/aromatic N) is 1. The molecule has 3 unspecified atom stereocenters. The van der Waals surface area contributed by atoms with Gasteiger partial charge in [0.25, 0.3) is 0 Å². The first-order valence-corrected chi connectivity index (χ1v) is 8.11. The molecular weight excluding hydrogens is 302 g/mol. The van der Waals surface area contributed by atoms with Crippen molar-refractivity contribution >= 4 is 11.6 Å². The third-order valence-electron chi connectivity index (χ3n) is 4.95. The summed E-state index contributed by atoms with van der Waals surface area (Å²) in [6.45, 7) is 0. The van der Waals surface area contributed by atoms with Gasteiger partial charge in [-0.15, -0.1) is 0 Å². The van der Waals surface area contributed by atoms with Crippen molar-refractivity contribution in [2.24, 2.45) is 16.6 Å². The van der Waals surface area contributed by atoms with E-state index in [2.05, 4.69) is 34.6 Å². The Bertz CT molecular complexity index is 803. The van der Waals surface area contributed by atoms with Crippen molar-refractivity contribution in [2.75, 3.05) is 19.5 Å². The van der Waals surface area contributed by atoms with Gasteiger partial charge in [-0.2, -0.15) is 0 Å². The highest BCUT2D eigenvalue weighted by Gasteiger charge is 2.55. The lowest BCUT2D eigenvalue weighted by Crippen LogP contribution is -2.24. The number of hydrogen-bond donors (Lipinski definition) is 2. The molecule has 2 aromatic carbocycles. The number of methoxy groups -OCH3 is 2. The van der Waals surface area contributed by atoms with Crippen LogP contribution in [0.15, 0.2) is 47.5 Å². The summed E-state index contributed by atoms with van der Waals surface area (Å²) in [5.74, 6) is 2.97. The fourth-order valence-electron chi connectivity index (χ4n) is 3.74. The normalized spacial score (nSPS) is 24.1. The fraction of sp³-hybridized carbons (Fsp3) is 0.316. The number of aliphatic imine (C=N–C) groups is 1. The second kappa shape index (κ2) is 5.74. The molecule has 1 saturated carbocycles. The largest absolute Gasteiger partial charge is 0.497 e. The van der Waals surface area contributed by atoms with Gasteiger partial charge in [0.2, 0.25) is 0 Å². The summed E-state index contributed by atoms with van der Waals surface area (Å²) in [5.41, 5.74) is 9.77. The number of anilines is 1. The average Bonchev–Trinajstić information content (AvgIpc) is 3.11. The lowest BCUT2D eigenvalue weighted by atomic mass is 10.1. The summed E-state index contributed by atoms with van der Waals surface area (Å²) in [6, 6.07) is 14.5. The van der Waals surface area contributed by atoms with E-state index in [9.17, 15) is 0 Å². The molecule has 0 saturated heterocycles. The Morgan fingerprint density at radius 2 is 2.00 bits per heavy atom. The Morgan fingerprint density at radius 3 is 2.79 bits per heavy atom. The van der Waals surface area contributed by atoms with E-state index < -0.39 is 0 Å². The van der Waals surface area contributed by atoms with Crippen molar-refractivity contribution in [3.63, 3.8) is 0 Å². The molecule has 0 aromatic heterocycles.